The first kappa shape index (κ1) is 16.1. The molecule has 0 saturated carbocycles. The van der Waals surface area contributed by atoms with Gasteiger partial charge in [0.15, 0.2) is 0 Å². The summed E-state index contributed by atoms with van der Waals surface area (Å²) in [4.78, 5) is 30.4. The van der Waals surface area contributed by atoms with Crippen LogP contribution in [0.2, 0.25) is 0 Å². The number of thiophene rings is 1. The van der Waals surface area contributed by atoms with Crippen molar-refractivity contribution < 1.29 is 14.7 Å². The summed E-state index contributed by atoms with van der Waals surface area (Å²) < 4.78 is 0.878. The maximum absolute atomic E-state index is 12.6. The Hall–Kier alpha value is -2.43. The molecule has 128 valence electrons. The van der Waals surface area contributed by atoms with Crippen molar-refractivity contribution in [1.82, 2.24) is 15.2 Å². The van der Waals surface area contributed by atoms with E-state index < -0.39 is 5.97 Å². The molecule has 2 N–H and O–H groups in total. The summed E-state index contributed by atoms with van der Waals surface area (Å²) in [5.41, 5.74) is 0.392. The second-order valence-corrected chi connectivity index (χ2v) is 7.57. The number of pyridine rings is 1. The molecule has 5 rings (SSSR count). The number of carboxylic acids is 1. The van der Waals surface area contributed by atoms with Crippen LogP contribution in [-0.4, -0.2) is 52.5 Å². The van der Waals surface area contributed by atoms with E-state index in [9.17, 15) is 9.59 Å². The van der Waals surface area contributed by atoms with Crippen LogP contribution in [-0.2, 0) is 4.79 Å². The third-order valence-corrected chi connectivity index (χ3v) is 5.91. The van der Waals surface area contributed by atoms with Gasteiger partial charge in [-0.1, -0.05) is 0 Å². The van der Waals surface area contributed by atoms with Gasteiger partial charge in [-0.2, -0.15) is 0 Å². The zero-order valence-corrected chi connectivity index (χ0v) is 14.3. The third kappa shape index (κ3) is 3.36. The Morgan fingerprint density at radius 2 is 2.12 bits per heavy atom. The lowest BCUT2D eigenvalue weighted by Crippen LogP contribution is -2.57. The molecule has 0 aromatic carbocycles. The number of rotatable bonds is 2. The number of aliphatic carboxylic acids is 1. The van der Waals surface area contributed by atoms with Crippen LogP contribution in [0.25, 0.3) is 10.1 Å². The van der Waals surface area contributed by atoms with E-state index in [1.807, 2.05) is 0 Å². The van der Waals surface area contributed by atoms with Crippen LogP contribution in [0, 0.1) is 17.8 Å². The monoisotopic (exact) mass is 355 g/mol. The average Bonchev–Trinajstić information content (AvgIpc) is 3.03. The molecule has 2 bridgehead atoms. The van der Waals surface area contributed by atoms with E-state index in [2.05, 4.69) is 27.0 Å². The molecule has 1 amide bonds. The molecular weight excluding hydrogens is 338 g/mol. The number of nitrogens with one attached hydrogen (secondary N) is 1. The minimum atomic E-state index is -1.16. The quantitative estimate of drug-likeness (QED) is 0.799. The Kier molecular flexibility index (Phi) is 4.15. The predicted octanol–water partition coefficient (Wildman–Crippen LogP) is 1.56. The van der Waals surface area contributed by atoms with E-state index in [0.717, 1.165) is 42.6 Å². The molecule has 2 aromatic heterocycles. The van der Waals surface area contributed by atoms with Gasteiger partial charge >= 0.3 is 5.97 Å². The Labute approximate surface area is 148 Å². The fourth-order valence-electron chi connectivity index (χ4n) is 3.61. The standard InChI is InChI=1S/C18H17N3O3S/c22-17(23)2-1-13-7-12-9-19-14(8-16(12)25-13)18(24)20-15-10-21-5-3-11(15)4-6-21/h7-9,11,15H,3-6,10H2,(H,20,24)(H,22,23)/t15-/m0/s1. The van der Waals surface area contributed by atoms with Crippen LogP contribution in [0.4, 0.5) is 0 Å². The molecular formula is C18H17N3O3S. The van der Waals surface area contributed by atoms with Gasteiger partial charge in [-0.05, 0) is 49.9 Å². The van der Waals surface area contributed by atoms with Gasteiger partial charge in [-0.15, -0.1) is 11.3 Å². The number of hydrogen-bond donors (Lipinski definition) is 2. The van der Waals surface area contributed by atoms with Gasteiger partial charge in [0, 0.05) is 34.8 Å². The average molecular weight is 355 g/mol. The lowest BCUT2D eigenvalue weighted by molar-refractivity contribution is -0.130. The van der Waals surface area contributed by atoms with Crippen LogP contribution in [0.1, 0.15) is 28.2 Å². The minimum absolute atomic E-state index is 0.146. The summed E-state index contributed by atoms with van der Waals surface area (Å²) in [5.74, 6) is 3.97. The van der Waals surface area contributed by atoms with Crippen LogP contribution in [0.3, 0.4) is 0 Å². The smallest absolute Gasteiger partial charge is 0.382 e. The minimum Gasteiger partial charge on any atom is -0.472 e. The number of amides is 1. The summed E-state index contributed by atoms with van der Waals surface area (Å²) in [6.45, 7) is 3.19. The maximum Gasteiger partial charge on any atom is 0.382 e. The molecule has 1 atom stereocenters. The highest BCUT2D eigenvalue weighted by Crippen LogP contribution is 2.28. The predicted molar refractivity (Wildman–Crippen MR) is 94.6 cm³/mol. The molecule has 0 aliphatic carbocycles. The summed E-state index contributed by atoms with van der Waals surface area (Å²) in [6.07, 6.45) is 3.94. The van der Waals surface area contributed by atoms with Crippen molar-refractivity contribution in [1.29, 1.82) is 0 Å². The Bertz CT molecular complexity index is 903. The van der Waals surface area contributed by atoms with Crippen molar-refractivity contribution in [2.45, 2.75) is 18.9 Å². The highest BCUT2D eigenvalue weighted by molar-refractivity contribution is 7.19. The molecule has 6 nitrogen and oxygen atoms in total. The van der Waals surface area contributed by atoms with Gasteiger partial charge in [0.05, 0.1) is 4.88 Å². The van der Waals surface area contributed by atoms with E-state index >= 15 is 0 Å². The van der Waals surface area contributed by atoms with Crippen molar-refractivity contribution in [3.63, 3.8) is 0 Å². The Morgan fingerprint density at radius 3 is 2.80 bits per heavy atom. The molecule has 25 heavy (non-hydrogen) atoms. The van der Waals surface area contributed by atoms with Crippen LogP contribution in [0.15, 0.2) is 18.3 Å². The van der Waals surface area contributed by atoms with Gasteiger partial charge in [-0.3, -0.25) is 9.78 Å². The fraction of sp³-hybridized carbons (Fsp3) is 0.389. The van der Waals surface area contributed by atoms with Crippen molar-refractivity contribution in [3.8, 4) is 11.8 Å². The summed E-state index contributed by atoms with van der Waals surface area (Å²) in [7, 11) is 0. The number of fused-ring (bicyclic) bond motifs is 4. The van der Waals surface area contributed by atoms with Crippen LogP contribution >= 0.6 is 11.3 Å². The largest absolute Gasteiger partial charge is 0.472 e. The highest BCUT2D eigenvalue weighted by atomic mass is 32.1. The van der Waals surface area contributed by atoms with Crippen molar-refractivity contribution in [2.75, 3.05) is 19.6 Å². The molecule has 0 unspecified atom stereocenters. The molecule has 5 heterocycles. The van der Waals surface area contributed by atoms with Crippen molar-refractivity contribution in [3.05, 3.63) is 28.9 Å². The lowest BCUT2D eigenvalue weighted by Gasteiger charge is -2.44. The van der Waals surface area contributed by atoms with Crippen molar-refractivity contribution >= 4 is 33.3 Å². The van der Waals surface area contributed by atoms with Gasteiger partial charge in [0.2, 0.25) is 0 Å². The molecule has 3 saturated heterocycles. The molecule has 0 radical (unpaired) electrons. The summed E-state index contributed by atoms with van der Waals surface area (Å²) in [5, 5.41) is 12.6. The molecule has 3 aliphatic rings. The molecule has 0 spiro atoms. The second-order valence-electron chi connectivity index (χ2n) is 6.49. The Morgan fingerprint density at radius 1 is 1.32 bits per heavy atom. The first-order valence-electron chi connectivity index (χ1n) is 8.26. The summed E-state index contributed by atoms with van der Waals surface area (Å²) >= 11 is 1.36. The molecule has 7 heteroatoms. The first-order valence-corrected chi connectivity index (χ1v) is 9.08. The van der Waals surface area contributed by atoms with Gasteiger partial charge in [-0.25, -0.2) is 4.79 Å². The number of nitrogens with zero attached hydrogens (tertiary/aromatic N) is 2. The van der Waals surface area contributed by atoms with E-state index in [1.165, 1.54) is 11.3 Å². The zero-order chi connectivity index (χ0) is 17.4. The van der Waals surface area contributed by atoms with Gasteiger partial charge < -0.3 is 15.3 Å². The SMILES string of the molecule is O=C(O)C#Cc1cc2cnc(C(=O)N[C@H]3CN4CCC3CC4)cc2s1. The number of carbonyl (C=O) groups is 2. The highest BCUT2D eigenvalue weighted by Gasteiger charge is 2.35. The van der Waals surface area contributed by atoms with E-state index in [1.54, 1.807) is 18.3 Å². The molecule has 2 aromatic rings. The first-order chi connectivity index (χ1) is 12.1. The van der Waals surface area contributed by atoms with Crippen molar-refractivity contribution in [2.24, 2.45) is 5.92 Å². The number of hydrogen-bond acceptors (Lipinski definition) is 5. The van der Waals surface area contributed by atoms with Crippen LogP contribution in [0.5, 0.6) is 0 Å². The number of carbonyl (C=O) groups excluding carboxylic acids is 1. The third-order valence-electron chi connectivity index (χ3n) is 4.90. The number of carboxylic acid groups (broad SMARTS) is 1. The molecule has 3 fully saturated rings. The maximum atomic E-state index is 12.6. The topological polar surface area (TPSA) is 82.5 Å². The second kappa shape index (κ2) is 6.47. The van der Waals surface area contributed by atoms with E-state index in [4.69, 9.17) is 5.11 Å². The number of piperidine rings is 3. The normalized spacial score (nSPS) is 24.6. The zero-order valence-electron chi connectivity index (χ0n) is 13.5. The van der Waals surface area contributed by atoms with Gasteiger partial charge in [0.25, 0.3) is 5.91 Å². The van der Waals surface area contributed by atoms with Crippen LogP contribution < -0.4 is 5.32 Å². The summed E-state index contributed by atoms with van der Waals surface area (Å²) in [6, 6.07) is 3.74. The van der Waals surface area contributed by atoms with Gasteiger partial charge in [0.1, 0.15) is 5.69 Å². The molecule has 3 aliphatic heterocycles. The Balaban J connectivity index is 1.52. The lowest BCUT2D eigenvalue weighted by atomic mass is 9.84. The van der Waals surface area contributed by atoms with E-state index in [0.29, 0.717) is 16.5 Å². The number of aromatic nitrogens is 1. The fourth-order valence-corrected chi connectivity index (χ4v) is 4.53. The van der Waals surface area contributed by atoms with E-state index in [-0.39, 0.29) is 11.9 Å².